The van der Waals surface area contributed by atoms with Crippen molar-refractivity contribution in [3.8, 4) is 5.75 Å². The number of benzene rings is 1. The lowest BCUT2D eigenvalue weighted by Gasteiger charge is -2.03. The van der Waals surface area contributed by atoms with E-state index in [0.717, 1.165) is 12.1 Å². The molecule has 0 aliphatic rings. The van der Waals surface area contributed by atoms with E-state index >= 15 is 0 Å². The molecule has 0 aliphatic heterocycles. The Morgan fingerprint density at radius 2 is 1.67 bits per heavy atom. The molecule has 0 aromatic heterocycles. The summed E-state index contributed by atoms with van der Waals surface area (Å²) in [4.78, 5) is 0. The van der Waals surface area contributed by atoms with Crippen LogP contribution in [0.3, 0.4) is 0 Å². The van der Waals surface area contributed by atoms with Crippen molar-refractivity contribution < 1.29 is 30.0 Å². The van der Waals surface area contributed by atoms with E-state index in [-0.39, 0.29) is 0 Å². The minimum atomic E-state index is -5.43. The Bertz CT molecular complexity index is 561. The van der Waals surface area contributed by atoms with Crippen LogP contribution in [0.2, 0.25) is 0 Å². The molecule has 84 valence electrons. The first-order valence-corrected chi connectivity index (χ1v) is 6.77. The van der Waals surface area contributed by atoms with Gasteiger partial charge in [0.15, 0.2) is 11.6 Å². The zero-order valence-corrected chi connectivity index (χ0v) is 8.63. The van der Waals surface area contributed by atoms with E-state index < -0.39 is 29.9 Å². The molecule has 0 radical (unpaired) electrons. The summed E-state index contributed by atoms with van der Waals surface area (Å²) >= 11 is 0. The highest BCUT2D eigenvalue weighted by Gasteiger charge is 2.30. The number of para-hydroxylation sites is 1. The second-order valence-corrected chi connectivity index (χ2v) is 6.68. The van der Waals surface area contributed by atoms with Gasteiger partial charge in [-0.2, -0.15) is 16.8 Å². The van der Waals surface area contributed by atoms with Crippen molar-refractivity contribution in [3.05, 3.63) is 30.1 Å². The predicted octanol–water partition coefficient (Wildman–Crippen LogP) is 0.337. The Kier molecular flexibility index (Phi) is 2.98. The predicted molar refractivity (Wildman–Crippen MR) is 47.5 cm³/mol. The van der Waals surface area contributed by atoms with E-state index in [1.165, 1.54) is 12.1 Å². The summed E-state index contributed by atoms with van der Waals surface area (Å²) in [6.07, 6.45) is 0. The van der Waals surface area contributed by atoms with Crippen LogP contribution in [-0.2, 0) is 18.3 Å². The third-order valence-corrected chi connectivity index (χ3v) is 3.94. The summed E-state index contributed by atoms with van der Waals surface area (Å²) in [7, 11) is -10.7. The van der Waals surface area contributed by atoms with E-state index in [2.05, 4.69) is 4.18 Å². The maximum Gasteiger partial charge on any atom is 0.444 e. The van der Waals surface area contributed by atoms with Crippen molar-refractivity contribution >= 4 is 18.3 Å². The van der Waals surface area contributed by atoms with Crippen molar-refractivity contribution in [3.63, 3.8) is 0 Å². The molecule has 0 heterocycles. The normalized spacial score (nSPS) is 12.4. The van der Waals surface area contributed by atoms with Gasteiger partial charge in [0.25, 0.3) is 0 Å². The molecule has 0 saturated carbocycles. The molecule has 9 heteroatoms. The first-order valence-electron chi connectivity index (χ1n) is 3.40. The van der Waals surface area contributed by atoms with Crippen LogP contribution in [-0.4, -0.2) is 21.4 Å². The summed E-state index contributed by atoms with van der Waals surface area (Å²) < 4.78 is 67.0. The summed E-state index contributed by atoms with van der Waals surface area (Å²) in [6, 6.07) is 4.26. The van der Waals surface area contributed by atoms with Crippen LogP contribution in [0.1, 0.15) is 0 Å². The average molecular weight is 256 g/mol. The van der Waals surface area contributed by atoms with Crippen LogP contribution >= 0.6 is 0 Å². The molecule has 1 N–H and O–H groups in total. The van der Waals surface area contributed by atoms with Crippen LogP contribution in [0.5, 0.6) is 5.75 Å². The fourth-order valence-corrected chi connectivity index (χ4v) is 1.58. The summed E-state index contributed by atoms with van der Waals surface area (Å²) in [6.45, 7) is 0. The minimum Gasteiger partial charge on any atom is -0.367 e. The lowest BCUT2D eigenvalue weighted by molar-refractivity contribution is 0.450. The van der Waals surface area contributed by atoms with Gasteiger partial charge in [-0.3, -0.25) is 4.55 Å². The molecule has 1 rings (SSSR count). The Morgan fingerprint density at radius 1 is 1.13 bits per heavy atom. The van der Waals surface area contributed by atoms with Gasteiger partial charge in [0, 0.05) is 0 Å². The van der Waals surface area contributed by atoms with Gasteiger partial charge in [-0.05, 0) is 12.1 Å². The first-order chi connectivity index (χ1) is 6.74. The summed E-state index contributed by atoms with van der Waals surface area (Å²) in [5, 5.41) is 0. The molecule has 0 spiro atoms. The van der Waals surface area contributed by atoms with E-state index in [1.807, 2.05) is 0 Å². The third-order valence-electron chi connectivity index (χ3n) is 1.29. The Hall–Kier alpha value is -1.19. The molecular formula is C6H5FO6S2. The third kappa shape index (κ3) is 2.64. The SMILES string of the molecule is O=S(=O)(O)S(=O)(=O)Oc1ccccc1F. The smallest absolute Gasteiger partial charge is 0.367 e. The van der Waals surface area contributed by atoms with Crippen molar-refractivity contribution in [2.24, 2.45) is 0 Å². The highest BCUT2D eigenvalue weighted by atomic mass is 33.2. The molecule has 1 aromatic rings. The first kappa shape index (κ1) is 11.9. The Morgan fingerprint density at radius 3 is 2.13 bits per heavy atom. The monoisotopic (exact) mass is 256 g/mol. The van der Waals surface area contributed by atoms with Crippen LogP contribution in [0, 0.1) is 5.82 Å². The van der Waals surface area contributed by atoms with Crippen LogP contribution in [0.4, 0.5) is 4.39 Å². The van der Waals surface area contributed by atoms with Gasteiger partial charge in [0.1, 0.15) is 0 Å². The topological polar surface area (TPSA) is 97.7 Å². The molecular weight excluding hydrogens is 251 g/mol. The van der Waals surface area contributed by atoms with Gasteiger partial charge < -0.3 is 4.18 Å². The molecule has 0 unspecified atom stereocenters. The molecule has 1 aromatic carbocycles. The number of rotatable bonds is 3. The van der Waals surface area contributed by atoms with E-state index in [9.17, 15) is 21.2 Å². The highest BCUT2D eigenvalue weighted by Crippen LogP contribution is 2.19. The molecule has 6 nitrogen and oxygen atoms in total. The molecule has 0 saturated heterocycles. The zero-order valence-electron chi connectivity index (χ0n) is 6.99. The quantitative estimate of drug-likeness (QED) is 0.618. The number of hydrogen-bond donors (Lipinski definition) is 1. The van der Waals surface area contributed by atoms with Crippen LogP contribution in [0.15, 0.2) is 24.3 Å². The van der Waals surface area contributed by atoms with Gasteiger partial charge in [-0.25, -0.2) is 4.39 Å². The molecule has 15 heavy (non-hydrogen) atoms. The van der Waals surface area contributed by atoms with Crippen LogP contribution in [0.25, 0.3) is 0 Å². The summed E-state index contributed by atoms with van der Waals surface area (Å²) in [5.41, 5.74) is 0. The number of hydrogen-bond acceptors (Lipinski definition) is 5. The lowest BCUT2D eigenvalue weighted by atomic mass is 10.3. The zero-order chi connectivity index (χ0) is 11.7. The molecule has 0 aliphatic carbocycles. The number of halogens is 1. The van der Waals surface area contributed by atoms with Crippen molar-refractivity contribution in [1.29, 1.82) is 0 Å². The molecule has 0 bridgehead atoms. The van der Waals surface area contributed by atoms with E-state index in [0.29, 0.717) is 0 Å². The van der Waals surface area contributed by atoms with E-state index in [4.69, 9.17) is 4.55 Å². The second kappa shape index (κ2) is 3.76. The molecule has 0 fully saturated rings. The lowest BCUT2D eigenvalue weighted by Crippen LogP contribution is -2.20. The largest absolute Gasteiger partial charge is 0.444 e. The fraction of sp³-hybridized carbons (Fsp3) is 0. The Balaban J connectivity index is 3.14. The van der Waals surface area contributed by atoms with Crippen molar-refractivity contribution in [2.45, 2.75) is 0 Å². The minimum absolute atomic E-state index is 0.810. The maximum absolute atomic E-state index is 12.8. The second-order valence-electron chi connectivity index (χ2n) is 2.35. The molecule has 0 amide bonds. The van der Waals surface area contributed by atoms with Gasteiger partial charge in [0.2, 0.25) is 0 Å². The average Bonchev–Trinajstić information content (AvgIpc) is 2.06. The summed E-state index contributed by atoms with van der Waals surface area (Å²) in [5.74, 6) is -1.88. The van der Waals surface area contributed by atoms with Crippen molar-refractivity contribution in [1.82, 2.24) is 0 Å². The highest BCUT2D eigenvalue weighted by molar-refractivity contribution is 8.63. The van der Waals surface area contributed by atoms with Crippen LogP contribution < -0.4 is 4.18 Å². The van der Waals surface area contributed by atoms with E-state index in [1.54, 1.807) is 0 Å². The van der Waals surface area contributed by atoms with Gasteiger partial charge >= 0.3 is 18.3 Å². The van der Waals surface area contributed by atoms with Gasteiger partial charge in [-0.1, -0.05) is 12.1 Å². The standard InChI is InChI=1S/C6H5FO6S2/c7-5-3-1-2-4-6(5)13-15(11,12)14(8,9)10/h1-4H,(H,8,9,10). The molecule has 0 atom stereocenters. The Labute approximate surface area is 84.6 Å². The van der Waals surface area contributed by atoms with Gasteiger partial charge in [-0.15, -0.1) is 0 Å². The van der Waals surface area contributed by atoms with Gasteiger partial charge in [0.05, 0.1) is 0 Å². The maximum atomic E-state index is 12.8. The van der Waals surface area contributed by atoms with Crippen molar-refractivity contribution in [2.75, 3.05) is 0 Å². The fourth-order valence-electron chi connectivity index (χ4n) is 0.665.